The molecule has 0 spiro atoms. The SMILES string of the molecule is c1cc(COC[C@]23CCC[C@H]2CN(Cc2nccs2)C3)ccn1. The number of hydrogen-bond acceptors (Lipinski definition) is 5. The van der Waals surface area contributed by atoms with E-state index in [1.807, 2.05) is 30.7 Å². The fraction of sp³-hybridized carbons (Fsp3) is 0.556. The third kappa shape index (κ3) is 3.32. The molecule has 2 aromatic rings. The van der Waals surface area contributed by atoms with Crippen molar-refractivity contribution in [2.24, 2.45) is 11.3 Å². The summed E-state index contributed by atoms with van der Waals surface area (Å²) < 4.78 is 6.12. The van der Waals surface area contributed by atoms with Crippen molar-refractivity contribution >= 4 is 11.3 Å². The van der Waals surface area contributed by atoms with Crippen molar-refractivity contribution in [1.82, 2.24) is 14.9 Å². The summed E-state index contributed by atoms with van der Waals surface area (Å²) in [6.45, 7) is 4.95. The Morgan fingerprint density at radius 2 is 2.22 bits per heavy atom. The van der Waals surface area contributed by atoms with Crippen LogP contribution >= 0.6 is 11.3 Å². The van der Waals surface area contributed by atoms with Gasteiger partial charge in [-0.3, -0.25) is 9.88 Å². The first-order chi connectivity index (χ1) is 11.3. The van der Waals surface area contributed by atoms with Crippen LogP contribution in [0.1, 0.15) is 29.8 Å². The Balaban J connectivity index is 1.35. The topological polar surface area (TPSA) is 38.2 Å². The minimum atomic E-state index is 0.365. The molecule has 4 nitrogen and oxygen atoms in total. The van der Waals surface area contributed by atoms with Gasteiger partial charge in [0.25, 0.3) is 0 Å². The van der Waals surface area contributed by atoms with E-state index in [0.717, 1.165) is 25.6 Å². The molecule has 2 fully saturated rings. The first-order valence-electron chi connectivity index (χ1n) is 8.41. The standard InChI is InChI=1S/C18H23N3OS/c1-2-16-10-21(11-17-20-8-9-23-17)13-18(16,5-1)14-22-12-15-3-6-19-7-4-15/h3-4,6-9,16H,1-2,5,10-14H2/t16-,18+/m0/s1. The molecule has 1 aliphatic carbocycles. The summed E-state index contributed by atoms with van der Waals surface area (Å²) in [5.41, 5.74) is 1.58. The minimum Gasteiger partial charge on any atom is -0.376 e. The van der Waals surface area contributed by atoms with E-state index in [2.05, 4.69) is 20.2 Å². The van der Waals surface area contributed by atoms with Gasteiger partial charge in [0.2, 0.25) is 0 Å². The van der Waals surface area contributed by atoms with Gasteiger partial charge in [-0.1, -0.05) is 6.42 Å². The summed E-state index contributed by atoms with van der Waals surface area (Å²) in [4.78, 5) is 11.1. The van der Waals surface area contributed by atoms with E-state index in [9.17, 15) is 0 Å². The van der Waals surface area contributed by atoms with Crippen molar-refractivity contribution in [3.8, 4) is 0 Å². The van der Waals surface area contributed by atoms with Gasteiger partial charge in [0.1, 0.15) is 5.01 Å². The fourth-order valence-corrected chi connectivity index (χ4v) is 4.91. The highest BCUT2D eigenvalue weighted by Crippen LogP contribution is 2.49. The van der Waals surface area contributed by atoms with Crippen LogP contribution in [0.25, 0.3) is 0 Å². The molecule has 2 aromatic heterocycles. The third-order valence-electron chi connectivity index (χ3n) is 5.36. The predicted molar refractivity (Wildman–Crippen MR) is 91.1 cm³/mol. The van der Waals surface area contributed by atoms with Crippen molar-refractivity contribution in [3.63, 3.8) is 0 Å². The Morgan fingerprint density at radius 3 is 3.04 bits per heavy atom. The van der Waals surface area contributed by atoms with Gasteiger partial charge >= 0.3 is 0 Å². The number of fused-ring (bicyclic) bond motifs is 1. The number of rotatable bonds is 6. The monoisotopic (exact) mass is 329 g/mol. The zero-order valence-corrected chi connectivity index (χ0v) is 14.2. The van der Waals surface area contributed by atoms with Gasteiger partial charge in [-0.2, -0.15) is 0 Å². The first kappa shape index (κ1) is 15.2. The molecule has 0 unspecified atom stereocenters. The lowest BCUT2D eigenvalue weighted by Crippen LogP contribution is -2.32. The average molecular weight is 329 g/mol. The van der Waals surface area contributed by atoms with Crippen LogP contribution in [0.3, 0.4) is 0 Å². The highest BCUT2D eigenvalue weighted by atomic mass is 32.1. The minimum absolute atomic E-state index is 0.365. The lowest BCUT2D eigenvalue weighted by Gasteiger charge is -2.28. The van der Waals surface area contributed by atoms with Gasteiger partial charge in [0.15, 0.2) is 0 Å². The van der Waals surface area contributed by atoms with Gasteiger partial charge in [0.05, 0.1) is 19.8 Å². The number of thiazole rings is 1. The van der Waals surface area contributed by atoms with Gasteiger partial charge in [-0.15, -0.1) is 11.3 Å². The summed E-state index contributed by atoms with van der Waals surface area (Å²) in [6, 6.07) is 4.07. The van der Waals surface area contributed by atoms with Crippen LogP contribution in [0, 0.1) is 11.3 Å². The van der Waals surface area contributed by atoms with Crippen LogP contribution in [0.5, 0.6) is 0 Å². The summed E-state index contributed by atoms with van der Waals surface area (Å²) in [7, 11) is 0. The smallest absolute Gasteiger partial charge is 0.107 e. The molecule has 1 saturated heterocycles. The Labute approximate surface area is 141 Å². The van der Waals surface area contributed by atoms with Gasteiger partial charge in [-0.25, -0.2) is 4.98 Å². The van der Waals surface area contributed by atoms with Crippen LogP contribution in [0.4, 0.5) is 0 Å². The second-order valence-electron chi connectivity index (χ2n) is 6.90. The molecule has 3 heterocycles. The number of ether oxygens (including phenoxy) is 1. The normalized spacial score (nSPS) is 27.4. The molecule has 0 aromatic carbocycles. The predicted octanol–water partition coefficient (Wildman–Crippen LogP) is 3.36. The maximum Gasteiger partial charge on any atom is 0.107 e. The van der Waals surface area contributed by atoms with Gasteiger partial charge in [-0.05, 0) is 36.5 Å². The molecular formula is C18H23N3OS. The van der Waals surface area contributed by atoms with Crippen LogP contribution in [-0.4, -0.2) is 34.6 Å². The van der Waals surface area contributed by atoms with Crippen molar-refractivity contribution < 1.29 is 4.74 Å². The van der Waals surface area contributed by atoms with Crippen molar-refractivity contribution in [2.75, 3.05) is 19.7 Å². The molecule has 4 rings (SSSR count). The van der Waals surface area contributed by atoms with Crippen molar-refractivity contribution in [3.05, 3.63) is 46.7 Å². The molecule has 1 saturated carbocycles. The molecule has 5 heteroatoms. The number of aromatic nitrogens is 2. The highest BCUT2D eigenvalue weighted by molar-refractivity contribution is 7.09. The van der Waals surface area contributed by atoms with Gasteiger partial charge in [0, 0.05) is 42.5 Å². The number of hydrogen-bond donors (Lipinski definition) is 0. The van der Waals surface area contributed by atoms with Crippen molar-refractivity contribution in [2.45, 2.75) is 32.4 Å². The Kier molecular flexibility index (Phi) is 4.42. The number of nitrogens with zero attached hydrogens (tertiary/aromatic N) is 3. The van der Waals surface area contributed by atoms with E-state index >= 15 is 0 Å². The average Bonchev–Trinajstić information content (AvgIpc) is 3.25. The first-order valence-corrected chi connectivity index (χ1v) is 9.29. The zero-order valence-electron chi connectivity index (χ0n) is 13.4. The van der Waals surface area contributed by atoms with E-state index < -0.39 is 0 Å². The van der Waals surface area contributed by atoms with Crippen LogP contribution < -0.4 is 0 Å². The second kappa shape index (κ2) is 6.67. The Bertz CT molecular complexity index is 618. The quantitative estimate of drug-likeness (QED) is 0.814. The lowest BCUT2D eigenvalue weighted by molar-refractivity contribution is 0.0266. The van der Waals surface area contributed by atoms with E-state index in [-0.39, 0.29) is 0 Å². The number of likely N-dealkylation sites (tertiary alicyclic amines) is 1. The highest BCUT2D eigenvalue weighted by Gasteiger charge is 2.49. The maximum atomic E-state index is 6.12. The summed E-state index contributed by atoms with van der Waals surface area (Å²) in [5, 5.41) is 3.30. The molecule has 23 heavy (non-hydrogen) atoms. The van der Waals surface area contributed by atoms with E-state index in [0.29, 0.717) is 12.0 Å². The molecule has 2 aliphatic rings. The summed E-state index contributed by atoms with van der Waals surface area (Å²) >= 11 is 1.76. The third-order valence-corrected chi connectivity index (χ3v) is 6.12. The van der Waals surface area contributed by atoms with E-state index in [1.165, 1.54) is 36.4 Å². The molecule has 0 bridgehead atoms. The molecular weight excluding hydrogens is 306 g/mol. The van der Waals surface area contributed by atoms with E-state index in [4.69, 9.17) is 4.74 Å². The second-order valence-corrected chi connectivity index (χ2v) is 7.87. The van der Waals surface area contributed by atoms with E-state index in [1.54, 1.807) is 11.3 Å². The molecule has 2 atom stereocenters. The molecule has 0 amide bonds. The Morgan fingerprint density at radius 1 is 1.30 bits per heavy atom. The molecule has 122 valence electrons. The maximum absolute atomic E-state index is 6.12. The lowest BCUT2D eigenvalue weighted by atomic mass is 9.81. The largest absolute Gasteiger partial charge is 0.376 e. The summed E-state index contributed by atoms with van der Waals surface area (Å²) in [5.74, 6) is 0.792. The fourth-order valence-electron chi connectivity index (χ4n) is 4.26. The van der Waals surface area contributed by atoms with Gasteiger partial charge < -0.3 is 4.74 Å². The Hall–Kier alpha value is -1.30. The zero-order chi connectivity index (χ0) is 15.5. The molecule has 0 N–H and O–H groups in total. The van der Waals surface area contributed by atoms with Crippen molar-refractivity contribution in [1.29, 1.82) is 0 Å². The van der Waals surface area contributed by atoms with Crippen LogP contribution in [0.15, 0.2) is 36.1 Å². The summed E-state index contributed by atoms with van der Waals surface area (Å²) in [6.07, 6.45) is 9.59. The molecule has 1 aliphatic heterocycles. The number of pyridine rings is 1. The molecule has 0 radical (unpaired) electrons. The van der Waals surface area contributed by atoms with Crippen LogP contribution in [-0.2, 0) is 17.9 Å². The van der Waals surface area contributed by atoms with Crippen LogP contribution in [0.2, 0.25) is 0 Å².